The smallest absolute Gasteiger partial charge is 0.383 e. The van der Waals surface area contributed by atoms with Crippen LogP contribution >= 0.6 is 0 Å². The Morgan fingerprint density at radius 1 is 1.40 bits per heavy atom. The topological polar surface area (TPSA) is 21.3 Å². The first-order chi connectivity index (χ1) is 9.46. The molecule has 2 aliphatic rings. The third-order valence-electron chi connectivity index (χ3n) is 4.55. The lowest BCUT2D eigenvalue weighted by Gasteiger charge is -2.38. The van der Waals surface area contributed by atoms with Gasteiger partial charge in [-0.2, -0.15) is 13.2 Å². The molecule has 2 unspecified atom stereocenters. The molecule has 1 N–H and O–H groups in total. The number of hydrogen-bond acceptors (Lipinski definition) is 2. The Bertz CT molecular complexity index is 514. The van der Waals surface area contributed by atoms with Crippen LogP contribution in [-0.4, -0.2) is 19.3 Å². The van der Waals surface area contributed by atoms with Gasteiger partial charge in [0.15, 0.2) is 0 Å². The lowest BCUT2D eigenvalue weighted by Crippen LogP contribution is -2.40. The lowest BCUT2D eigenvalue weighted by molar-refractivity contribution is -0.136. The molecule has 1 spiro atoms. The summed E-state index contributed by atoms with van der Waals surface area (Å²) in [6.07, 6.45) is -1.68. The zero-order valence-corrected chi connectivity index (χ0v) is 11.4. The summed E-state index contributed by atoms with van der Waals surface area (Å²) in [6.45, 7) is 3.25. The number of ether oxygens (including phenoxy) is 1. The third-order valence-corrected chi connectivity index (χ3v) is 4.55. The van der Waals surface area contributed by atoms with Gasteiger partial charge in [-0.25, -0.2) is 0 Å². The standard InChI is InChI=1S/C15H18F3NO/c1-2-10-8-14(6-7-20-10)9-19-13-11(14)4-3-5-12(13)15(16,17)18/h3-5,10,19H,2,6-9H2,1H3. The van der Waals surface area contributed by atoms with Crippen molar-refractivity contribution >= 4 is 5.69 Å². The van der Waals surface area contributed by atoms with Crippen LogP contribution in [0.2, 0.25) is 0 Å². The molecule has 0 aliphatic carbocycles. The zero-order valence-electron chi connectivity index (χ0n) is 11.4. The van der Waals surface area contributed by atoms with Crippen molar-refractivity contribution < 1.29 is 17.9 Å². The molecule has 20 heavy (non-hydrogen) atoms. The summed E-state index contributed by atoms with van der Waals surface area (Å²) in [5.41, 5.74) is 0.340. The quantitative estimate of drug-likeness (QED) is 0.843. The summed E-state index contributed by atoms with van der Waals surface area (Å²) in [5, 5.41) is 3.00. The van der Waals surface area contributed by atoms with Crippen LogP contribution in [0.5, 0.6) is 0 Å². The van der Waals surface area contributed by atoms with Gasteiger partial charge < -0.3 is 10.1 Å². The van der Waals surface area contributed by atoms with Crippen LogP contribution in [0.1, 0.15) is 37.3 Å². The largest absolute Gasteiger partial charge is 0.418 e. The Kier molecular flexibility index (Phi) is 3.20. The number of halogens is 3. The Morgan fingerprint density at radius 3 is 2.90 bits per heavy atom. The van der Waals surface area contributed by atoms with Crippen molar-refractivity contribution in [2.45, 2.75) is 43.9 Å². The van der Waals surface area contributed by atoms with Crippen molar-refractivity contribution in [3.05, 3.63) is 29.3 Å². The molecule has 5 heteroatoms. The monoisotopic (exact) mass is 285 g/mol. The zero-order chi connectivity index (χ0) is 14.4. The lowest BCUT2D eigenvalue weighted by atomic mass is 9.73. The van der Waals surface area contributed by atoms with Crippen LogP contribution in [0.4, 0.5) is 18.9 Å². The molecule has 3 rings (SSSR count). The van der Waals surface area contributed by atoms with Gasteiger partial charge in [-0.3, -0.25) is 0 Å². The molecule has 1 aromatic carbocycles. The van der Waals surface area contributed by atoms with Gasteiger partial charge in [-0.1, -0.05) is 19.1 Å². The van der Waals surface area contributed by atoms with Crippen LogP contribution in [0, 0.1) is 0 Å². The molecule has 2 aliphatic heterocycles. The van der Waals surface area contributed by atoms with E-state index in [-0.39, 0.29) is 17.2 Å². The summed E-state index contributed by atoms with van der Waals surface area (Å²) in [6, 6.07) is 4.51. The highest BCUT2D eigenvalue weighted by Gasteiger charge is 2.46. The third kappa shape index (κ3) is 2.08. The molecule has 1 saturated heterocycles. The van der Waals surface area contributed by atoms with Gasteiger partial charge in [-0.15, -0.1) is 0 Å². The van der Waals surface area contributed by atoms with Gasteiger partial charge in [0, 0.05) is 18.6 Å². The fourth-order valence-corrected chi connectivity index (χ4v) is 3.46. The highest BCUT2D eigenvalue weighted by molar-refractivity contribution is 5.66. The first kappa shape index (κ1) is 13.7. The fraction of sp³-hybridized carbons (Fsp3) is 0.600. The van der Waals surface area contributed by atoms with E-state index in [9.17, 15) is 13.2 Å². The second kappa shape index (κ2) is 4.65. The van der Waals surface area contributed by atoms with E-state index < -0.39 is 11.7 Å². The molecule has 2 nitrogen and oxygen atoms in total. The van der Waals surface area contributed by atoms with E-state index in [0.29, 0.717) is 13.2 Å². The van der Waals surface area contributed by atoms with Crippen molar-refractivity contribution in [1.29, 1.82) is 0 Å². The van der Waals surface area contributed by atoms with E-state index in [0.717, 1.165) is 30.9 Å². The molecule has 0 saturated carbocycles. The van der Waals surface area contributed by atoms with Crippen molar-refractivity contribution in [3.8, 4) is 0 Å². The molecule has 0 bridgehead atoms. The second-order valence-electron chi connectivity index (χ2n) is 5.71. The van der Waals surface area contributed by atoms with Crippen LogP contribution in [0.3, 0.4) is 0 Å². The van der Waals surface area contributed by atoms with Crippen LogP contribution in [0.15, 0.2) is 18.2 Å². The Labute approximate surface area is 116 Å². The molecule has 110 valence electrons. The van der Waals surface area contributed by atoms with E-state index in [1.165, 1.54) is 6.07 Å². The minimum atomic E-state index is -4.31. The Hall–Kier alpha value is -1.23. The van der Waals surface area contributed by atoms with E-state index in [1.807, 2.05) is 6.07 Å². The average Bonchev–Trinajstić information content (AvgIpc) is 2.77. The molecule has 2 heterocycles. The van der Waals surface area contributed by atoms with E-state index in [2.05, 4.69) is 12.2 Å². The van der Waals surface area contributed by atoms with Crippen molar-refractivity contribution in [2.24, 2.45) is 0 Å². The maximum absolute atomic E-state index is 13.1. The van der Waals surface area contributed by atoms with Crippen LogP contribution < -0.4 is 5.32 Å². The first-order valence-electron chi connectivity index (χ1n) is 7.02. The summed E-state index contributed by atoms with van der Waals surface area (Å²) >= 11 is 0. The average molecular weight is 285 g/mol. The number of benzene rings is 1. The molecule has 0 radical (unpaired) electrons. The second-order valence-corrected chi connectivity index (χ2v) is 5.71. The number of anilines is 1. The molecule has 2 atom stereocenters. The van der Waals surface area contributed by atoms with Crippen molar-refractivity contribution in [2.75, 3.05) is 18.5 Å². The summed E-state index contributed by atoms with van der Waals surface area (Å²) in [7, 11) is 0. The fourth-order valence-electron chi connectivity index (χ4n) is 3.46. The number of fused-ring (bicyclic) bond motifs is 2. The summed E-state index contributed by atoms with van der Waals surface area (Å²) < 4.78 is 44.9. The molecule has 0 aromatic heterocycles. The highest BCUT2D eigenvalue weighted by atomic mass is 19.4. The van der Waals surface area contributed by atoms with Crippen molar-refractivity contribution in [1.82, 2.24) is 0 Å². The van der Waals surface area contributed by atoms with Gasteiger partial charge in [0.2, 0.25) is 0 Å². The summed E-state index contributed by atoms with van der Waals surface area (Å²) in [4.78, 5) is 0. The highest BCUT2D eigenvalue weighted by Crippen LogP contribution is 2.49. The van der Waals surface area contributed by atoms with E-state index >= 15 is 0 Å². The number of para-hydroxylation sites is 1. The molecule has 0 amide bonds. The van der Waals surface area contributed by atoms with Gasteiger partial charge in [0.05, 0.1) is 17.4 Å². The van der Waals surface area contributed by atoms with Crippen molar-refractivity contribution in [3.63, 3.8) is 0 Å². The van der Waals surface area contributed by atoms with Gasteiger partial charge in [0.1, 0.15) is 0 Å². The van der Waals surface area contributed by atoms with Crippen LogP contribution in [-0.2, 0) is 16.3 Å². The maximum atomic E-state index is 13.1. The SMILES string of the molecule is CCC1CC2(CCO1)CNc1c(C(F)(F)F)cccc12. The number of alkyl halides is 3. The first-order valence-corrected chi connectivity index (χ1v) is 7.02. The minimum Gasteiger partial charge on any atom is -0.383 e. The molecule has 1 aromatic rings. The summed E-state index contributed by atoms with van der Waals surface area (Å²) in [5.74, 6) is 0. The van der Waals surface area contributed by atoms with E-state index in [1.54, 1.807) is 0 Å². The molecular formula is C15H18F3NO. The predicted octanol–water partition coefficient (Wildman–Crippen LogP) is 3.96. The number of rotatable bonds is 1. The normalized spacial score (nSPS) is 29.3. The van der Waals surface area contributed by atoms with Crippen LogP contribution in [0.25, 0.3) is 0 Å². The van der Waals surface area contributed by atoms with Gasteiger partial charge >= 0.3 is 6.18 Å². The number of nitrogens with one attached hydrogen (secondary N) is 1. The van der Waals surface area contributed by atoms with E-state index in [4.69, 9.17) is 4.74 Å². The van der Waals surface area contributed by atoms with Gasteiger partial charge in [0.25, 0.3) is 0 Å². The Morgan fingerprint density at radius 2 is 2.20 bits per heavy atom. The number of hydrogen-bond donors (Lipinski definition) is 1. The maximum Gasteiger partial charge on any atom is 0.418 e. The Balaban J connectivity index is 2.02. The molecule has 1 fully saturated rings. The minimum absolute atomic E-state index is 0.144. The molecular weight excluding hydrogens is 267 g/mol. The van der Waals surface area contributed by atoms with Gasteiger partial charge in [-0.05, 0) is 30.9 Å². The predicted molar refractivity (Wildman–Crippen MR) is 70.9 cm³/mol.